The average Bonchev–Trinajstić information content (AvgIpc) is 2.52. The van der Waals surface area contributed by atoms with Crippen LogP contribution < -0.4 is 14.8 Å². The van der Waals surface area contributed by atoms with Gasteiger partial charge in [0, 0.05) is 12.2 Å². The van der Waals surface area contributed by atoms with E-state index in [1.807, 2.05) is 54.6 Å². The van der Waals surface area contributed by atoms with Crippen molar-refractivity contribution >= 4 is 5.69 Å². The van der Waals surface area contributed by atoms with Crippen LogP contribution in [0.15, 0.2) is 48.5 Å². The average molecular weight is 268 g/mol. The summed E-state index contributed by atoms with van der Waals surface area (Å²) < 4.78 is 10.3. The number of anilines is 1. The summed E-state index contributed by atoms with van der Waals surface area (Å²) >= 11 is 0. The van der Waals surface area contributed by atoms with E-state index in [0.717, 1.165) is 23.5 Å². The van der Waals surface area contributed by atoms with Crippen molar-refractivity contribution in [2.45, 2.75) is 6.54 Å². The lowest BCUT2D eigenvalue weighted by Crippen LogP contribution is -1.99. The Morgan fingerprint density at radius 1 is 1.00 bits per heavy atom. The molecule has 0 radical (unpaired) electrons. The molecule has 2 aromatic rings. The molecule has 1 N–H and O–H groups in total. The molecule has 0 aliphatic rings. The number of benzene rings is 2. The molecule has 4 heteroatoms. The fourth-order valence-corrected chi connectivity index (χ4v) is 1.73. The van der Waals surface area contributed by atoms with E-state index >= 15 is 0 Å². The van der Waals surface area contributed by atoms with Crippen LogP contribution in [0, 0.1) is 11.3 Å². The minimum absolute atomic E-state index is 0.0729. The van der Waals surface area contributed by atoms with E-state index in [4.69, 9.17) is 14.7 Å². The predicted molar refractivity (Wildman–Crippen MR) is 77.9 cm³/mol. The van der Waals surface area contributed by atoms with Gasteiger partial charge in [0.1, 0.15) is 17.6 Å². The molecule has 0 unspecified atom stereocenters. The third-order valence-electron chi connectivity index (χ3n) is 2.81. The summed E-state index contributed by atoms with van der Waals surface area (Å²) in [5.74, 6) is 1.55. The van der Waals surface area contributed by atoms with Crippen molar-refractivity contribution in [3.63, 3.8) is 0 Å². The number of ether oxygens (including phenoxy) is 2. The van der Waals surface area contributed by atoms with Gasteiger partial charge in [-0.2, -0.15) is 5.26 Å². The molecule has 2 rings (SSSR count). The van der Waals surface area contributed by atoms with Crippen LogP contribution >= 0.6 is 0 Å². The van der Waals surface area contributed by atoms with Crippen LogP contribution in [0.4, 0.5) is 5.69 Å². The van der Waals surface area contributed by atoms with Gasteiger partial charge in [-0.15, -0.1) is 0 Å². The molecule has 20 heavy (non-hydrogen) atoms. The summed E-state index contributed by atoms with van der Waals surface area (Å²) in [4.78, 5) is 0. The van der Waals surface area contributed by atoms with E-state index in [1.54, 1.807) is 7.11 Å². The van der Waals surface area contributed by atoms with Gasteiger partial charge < -0.3 is 14.8 Å². The first-order chi connectivity index (χ1) is 9.81. The summed E-state index contributed by atoms with van der Waals surface area (Å²) in [6.07, 6.45) is 0. The smallest absolute Gasteiger partial charge is 0.174 e. The summed E-state index contributed by atoms with van der Waals surface area (Å²) in [6, 6.07) is 17.4. The van der Waals surface area contributed by atoms with Gasteiger partial charge in [-0.3, -0.25) is 0 Å². The first-order valence-electron chi connectivity index (χ1n) is 6.28. The number of rotatable bonds is 6. The van der Waals surface area contributed by atoms with Crippen LogP contribution in [-0.2, 0) is 6.54 Å². The van der Waals surface area contributed by atoms with Crippen molar-refractivity contribution in [3.8, 4) is 17.6 Å². The zero-order valence-corrected chi connectivity index (χ0v) is 11.3. The van der Waals surface area contributed by atoms with Crippen LogP contribution in [0.1, 0.15) is 5.56 Å². The van der Waals surface area contributed by atoms with Crippen LogP contribution in [0.2, 0.25) is 0 Å². The highest BCUT2D eigenvalue weighted by atomic mass is 16.5. The Morgan fingerprint density at radius 3 is 2.25 bits per heavy atom. The second-order valence-corrected chi connectivity index (χ2v) is 4.17. The van der Waals surface area contributed by atoms with Gasteiger partial charge in [0.25, 0.3) is 0 Å². The van der Waals surface area contributed by atoms with E-state index in [1.165, 1.54) is 0 Å². The summed E-state index contributed by atoms with van der Waals surface area (Å²) in [5, 5.41) is 11.8. The molecule has 0 aromatic heterocycles. The highest BCUT2D eigenvalue weighted by Crippen LogP contribution is 2.17. The second-order valence-electron chi connectivity index (χ2n) is 4.17. The van der Waals surface area contributed by atoms with Crippen LogP contribution in [0.3, 0.4) is 0 Å². The van der Waals surface area contributed by atoms with Gasteiger partial charge in [-0.1, -0.05) is 12.1 Å². The maximum absolute atomic E-state index is 8.44. The SMILES string of the molecule is COc1ccc(NCc2ccc(OCC#N)cc2)cc1. The Hall–Kier alpha value is -2.67. The second kappa shape index (κ2) is 7.05. The molecule has 102 valence electrons. The van der Waals surface area contributed by atoms with Crippen molar-refractivity contribution in [2.24, 2.45) is 0 Å². The minimum Gasteiger partial charge on any atom is -0.497 e. The van der Waals surface area contributed by atoms with Crippen molar-refractivity contribution in [2.75, 3.05) is 19.0 Å². The molecular weight excluding hydrogens is 252 g/mol. The largest absolute Gasteiger partial charge is 0.497 e. The van der Waals surface area contributed by atoms with Crippen molar-refractivity contribution in [3.05, 3.63) is 54.1 Å². The number of nitriles is 1. The normalized spacial score (nSPS) is 9.60. The van der Waals surface area contributed by atoms with E-state index in [2.05, 4.69) is 5.32 Å². The van der Waals surface area contributed by atoms with Crippen molar-refractivity contribution < 1.29 is 9.47 Å². The highest BCUT2D eigenvalue weighted by molar-refractivity contribution is 5.46. The molecule has 4 nitrogen and oxygen atoms in total. The van der Waals surface area contributed by atoms with Crippen LogP contribution in [-0.4, -0.2) is 13.7 Å². The van der Waals surface area contributed by atoms with E-state index in [9.17, 15) is 0 Å². The lowest BCUT2D eigenvalue weighted by atomic mass is 10.2. The number of nitrogens with zero attached hydrogens (tertiary/aromatic N) is 1. The van der Waals surface area contributed by atoms with Gasteiger partial charge in [0.15, 0.2) is 6.61 Å². The summed E-state index contributed by atoms with van der Waals surface area (Å²) in [6.45, 7) is 0.800. The Kier molecular flexibility index (Phi) is 4.85. The van der Waals surface area contributed by atoms with Crippen LogP contribution in [0.25, 0.3) is 0 Å². The van der Waals surface area contributed by atoms with E-state index < -0.39 is 0 Å². The van der Waals surface area contributed by atoms with Crippen molar-refractivity contribution in [1.29, 1.82) is 5.26 Å². The zero-order valence-electron chi connectivity index (χ0n) is 11.3. The maximum atomic E-state index is 8.44. The van der Waals surface area contributed by atoms with Gasteiger partial charge in [0.2, 0.25) is 0 Å². The quantitative estimate of drug-likeness (QED) is 0.874. The predicted octanol–water partition coefficient (Wildman–Crippen LogP) is 3.21. The summed E-state index contributed by atoms with van der Waals surface area (Å²) in [7, 11) is 1.65. The molecule has 0 spiro atoms. The zero-order chi connectivity index (χ0) is 14.2. The Bertz CT molecular complexity index is 571. The number of hydrogen-bond acceptors (Lipinski definition) is 4. The molecule has 0 amide bonds. The molecule has 0 aliphatic carbocycles. The van der Waals surface area contributed by atoms with E-state index in [-0.39, 0.29) is 6.61 Å². The summed E-state index contributed by atoms with van der Waals surface area (Å²) in [5.41, 5.74) is 2.18. The minimum atomic E-state index is 0.0729. The Balaban J connectivity index is 1.88. The standard InChI is InChI=1S/C16H16N2O2/c1-19-15-8-4-14(5-9-15)18-12-13-2-6-16(7-3-13)20-11-10-17/h2-9,18H,11-12H2,1H3. The molecule has 0 fully saturated rings. The van der Waals surface area contributed by atoms with Gasteiger partial charge >= 0.3 is 0 Å². The molecule has 2 aromatic carbocycles. The monoisotopic (exact) mass is 268 g/mol. The van der Waals surface area contributed by atoms with Gasteiger partial charge in [0.05, 0.1) is 7.11 Å². The molecule has 0 bridgehead atoms. The van der Waals surface area contributed by atoms with Gasteiger partial charge in [-0.25, -0.2) is 0 Å². The molecule has 0 saturated carbocycles. The third-order valence-corrected chi connectivity index (χ3v) is 2.81. The molecule has 0 aliphatic heterocycles. The highest BCUT2D eigenvalue weighted by Gasteiger charge is 1.97. The molecule has 0 saturated heterocycles. The Labute approximate surface area is 118 Å². The first-order valence-corrected chi connectivity index (χ1v) is 6.28. The number of methoxy groups -OCH3 is 1. The lowest BCUT2D eigenvalue weighted by Gasteiger charge is -2.08. The Morgan fingerprint density at radius 2 is 1.65 bits per heavy atom. The number of hydrogen-bond donors (Lipinski definition) is 1. The first kappa shape index (κ1) is 13.8. The van der Waals surface area contributed by atoms with Crippen molar-refractivity contribution in [1.82, 2.24) is 0 Å². The molecule has 0 heterocycles. The van der Waals surface area contributed by atoms with E-state index in [0.29, 0.717) is 5.75 Å². The van der Waals surface area contributed by atoms with Crippen LogP contribution in [0.5, 0.6) is 11.5 Å². The molecular formula is C16H16N2O2. The maximum Gasteiger partial charge on any atom is 0.174 e. The third kappa shape index (κ3) is 3.92. The fourth-order valence-electron chi connectivity index (χ4n) is 1.73. The molecule has 0 atom stereocenters. The lowest BCUT2D eigenvalue weighted by molar-refractivity contribution is 0.368. The topological polar surface area (TPSA) is 54.3 Å². The van der Waals surface area contributed by atoms with Gasteiger partial charge in [-0.05, 0) is 42.0 Å². The number of nitrogens with one attached hydrogen (secondary N) is 1. The fraction of sp³-hybridized carbons (Fsp3) is 0.188.